The molecule has 3 heterocycles. The maximum absolute atomic E-state index is 12.0. The first kappa shape index (κ1) is 17.7. The Morgan fingerprint density at radius 2 is 2.08 bits per heavy atom. The van der Waals surface area contributed by atoms with Crippen LogP contribution in [-0.4, -0.2) is 36.5 Å². The van der Waals surface area contributed by atoms with E-state index < -0.39 is 0 Å². The topological polar surface area (TPSA) is 41.6 Å². The van der Waals surface area contributed by atoms with E-state index in [1.54, 1.807) is 18.4 Å². The van der Waals surface area contributed by atoms with E-state index in [0.717, 1.165) is 36.0 Å². The molecule has 0 radical (unpaired) electrons. The number of ether oxygens (including phenoxy) is 1. The summed E-state index contributed by atoms with van der Waals surface area (Å²) in [6.45, 7) is 5.38. The van der Waals surface area contributed by atoms with Gasteiger partial charge in [0.1, 0.15) is 0 Å². The quantitative estimate of drug-likeness (QED) is 0.809. The smallest absolute Gasteiger partial charge is 0.220 e. The highest BCUT2D eigenvalue weighted by atomic mass is 32.1. The molecule has 134 valence electrons. The van der Waals surface area contributed by atoms with Crippen molar-refractivity contribution in [3.05, 3.63) is 17.0 Å². The molecule has 2 saturated heterocycles. The molecular weight excluding hydrogens is 320 g/mol. The first-order valence-corrected chi connectivity index (χ1v) is 10.1. The first-order valence-electron chi connectivity index (χ1n) is 9.29. The molecule has 0 aromatic carbocycles. The van der Waals surface area contributed by atoms with Crippen LogP contribution in [0, 0.1) is 5.92 Å². The fourth-order valence-corrected chi connectivity index (χ4v) is 5.31. The summed E-state index contributed by atoms with van der Waals surface area (Å²) in [5.74, 6) is 0.999. The van der Waals surface area contributed by atoms with Crippen molar-refractivity contribution in [3.8, 4) is 5.06 Å². The molecule has 3 rings (SSSR count). The van der Waals surface area contributed by atoms with Crippen LogP contribution in [0.1, 0.15) is 63.3 Å². The van der Waals surface area contributed by atoms with E-state index >= 15 is 0 Å². The number of hydrogen-bond donors (Lipinski definition) is 1. The number of carbonyl (C=O) groups excluding carboxylic acids is 1. The van der Waals surface area contributed by atoms with Crippen LogP contribution in [0.5, 0.6) is 5.06 Å². The van der Waals surface area contributed by atoms with Gasteiger partial charge in [-0.3, -0.25) is 9.69 Å². The van der Waals surface area contributed by atoms with Gasteiger partial charge >= 0.3 is 0 Å². The summed E-state index contributed by atoms with van der Waals surface area (Å²) in [6, 6.07) is 5.72. The van der Waals surface area contributed by atoms with E-state index in [1.807, 2.05) is 13.0 Å². The lowest BCUT2D eigenvalue weighted by Crippen LogP contribution is -2.43. The molecule has 24 heavy (non-hydrogen) atoms. The van der Waals surface area contributed by atoms with Crippen molar-refractivity contribution in [2.45, 2.75) is 70.5 Å². The molecule has 4 nitrogen and oxygen atoms in total. The average molecular weight is 351 g/mol. The number of carbonyl (C=O) groups is 1. The third kappa shape index (κ3) is 3.94. The Bertz CT molecular complexity index is 545. The van der Waals surface area contributed by atoms with Gasteiger partial charge in [-0.1, -0.05) is 13.8 Å². The number of thiophene rings is 1. The molecule has 1 amide bonds. The monoisotopic (exact) mass is 350 g/mol. The summed E-state index contributed by atoms with van der Waals surface area (Å²) in [5, 5.41) is 4.12. The van der Waals surface area contributed by atoms with E-state index in [1.165, 1.54) is 30.6 Å². The van der Waals surface area contributed by atoms with Crippen molar-refractivity contribution >= 4 is 17.2 Å². The van der Waals surface area contributed by atoms with Gasteiger partial charge in [0.05, 0.1) is 13.2 Å². The number of nitrogens with one attached hydrogen (secondary N) is 1. The summed E-state index contributed by atoms with van der Waals surface area (Å²) < 4.78 is 5.32. The van der Waals surface area contributed by atoms with Crippen molar-refractivity contribution in [1.29, 1.82) is 0 Å². The lowest BCUT2D eigenvalue weighted by Gasteiger charge is -2.38. The minimum atomic E-state index is 0.102. The molecule has 5 heteroatoms. The van der Waals surface area contributed by atoms with Gasteiger partial charge in [-0.25, -0.2) is 0 Å². The van der Waals surface area contributed by atoms with Gasteiger partial charge in [-0.05, 0) is 50.2 Å². The van der Waals surface area contributed by atoms with Crippen LogP contribution in [0.25, 0.3) is 0 Å². The molecule has 1 N–H and O–H groups in total. The maximum Gasteiger partial charge on any atom is 0.220 e. The molecule has 2 unspecified atom stereocenters. The number of fused-ring (bicyclic) bond motifs is 2. The predicted molar refractivity (Wildman–Crippen MR) is 98.6 cm³/mol. The second-order valence-corrected chi connectivity index (χ2v) is 8.40. The predicted octanol–water partition coefficient (Wildman–Crippen LogP) is 3.98. The number of piperidine rings is 1. The van der Waals surface area contributed by atoms with E-state index in [4.69, 9.17) is 4.74 Å². The molecule has 0 saturated carbocycles. The van der Waals surface area contributed by atoms with Crippen molar-refractivity contribution < 1.29 is 9.53 Å². The van der Waals surface area contributed by atoms with Crippen molar-refractivity contribution in [1.82, 2.24) is 10.2 Å². The van der Waals surface area contributed by atoms with Crippen LogP contribution < -0.4 is 10.1 Å². The Morgan fingerprint density at radius 1 is 1.38 bits per heavy atom. The highest BCUT2D eigenvalue weighted by Gasteiger charge is 2.39. The van der Waals surface area contributed by atoms with Crippen LogP contribution >= 0.6 is 11.3 Å². The van der Waals surface area contributed by atoms with Gasteiger partial charge in [0.25, 0.3) is 0 Å². The third-order valence-corrected chi connectivity index (χ3v) is 6.76. The molecule has 1 aromatic rings. The highest BCUT2D eigenvalue weighted by Crippen LogP contribution is 2.39. The molecule has 2 aliphatic heterocycles. The number of methoxy groups -OCH3 is 1. The molecule has 0 spiro atoms. The van der Waals surface area contributed by atoms with Crippen LogP contribution in [0.2, 0.25) is 0 Å². The van der Waals surface area contributed by atoms with Crippen molar-refractivity contribution in [2.75, 3.05) is 13.7 Å². The fourth-order valence-electron chi connectivity index (χ4n) is 4.40. The van der Waals surface area contributed by atoms with Gasteiger partial charge in [-0.2, -0.15) is 0 Å². The molecule has 2 aliphatic rings. The van der Waals surface area contributed by atoms with Crippen molar-refractivity contribution in [3.63, 3.8) is 0 Å². The summed E-state index contributed by atoms with van der Waals surface area (Å²) >= 11 is 1.64. The minimum absolute atomic E-state index is 0.102. The highest BCUT2D eigenvalue weighted by molar-refractivity contribution is 7.13. The van der Waals surface area contributed by atoms with Crippen LogP contribution in [0.4, 0.5) is 0 Å². The molecular formula is C19H30N2O2S. The van der Waals surface area contributed by atoms with Gasteiger partial charge in [0, 0.05) is 29.9 Å². The van der Waals surface area contributed by atoms with E-state index in [-0.39, 0.29) is 11.9 Å². The van der Waals surface area contributed by atoms with Gasteiger partial charge in [-0.15, -0.1) is 11.3 Å². The zero-order chi connectivity index (χ0) is 17.1. The summed E-state index contributed by atoms with van der Waals surface area (Å²) in [4.78, 5) is 15.9. The van der Waals surface area contributed by atoms with Gasteiger partial charge < -0.3 is 10.1 Å². The van der Waals surface area contributed by atoms with Crippen LogP contribution in [-0.2, 0) is 4.79 Å². The normalized spacial score (nSPS) is 27.9. The van der Waals surface area contributed by atoms with Crippen molar-refractivity contribution in [2.24, 2.45) is 5.92 Å². The van der Waals surface area contributed by atoms with Crippen LogP contribution in [0.3, 0.4) is 0 Å². The molecule has 0 aliphatic carbocycles. The Balaban J connectivity index is 1.64. The standard InChI is InChI=1S/C19H30N2O2S/c1-4-18(22)20-16(17-7-8-19(23-3)24-17)9-10-21-14-5-6-15(21)12-13(2)11-14/h7-8,13-16H,4-6,9-12H2,1-3H3,(H,20,22)/t13?,14?,15?,16-/m0/s1. The molecule has 2 bridgehead atoms. The number of nitrogens with zero attached hydrogens (tertiary/aromatic N) is 1. The fraction of sp³-hybridized carbons (Fsp3) is 0.737. The second-order valence-electron chi connectivity index (χ2n) is 7.32. The molecule has 1 aromatic heterocycles. The Morgan fingerprint density at radius 3 is 2.67 bits per heavy atom. The Kier molecular flexibility index (Phi) is 5.82. The maximum atomic E-state index is 12.0. The average Bonchev–Trinajstić information content (AvgIpc) is 3.14. The van der Waals surface area contributed by atoms with E-state index in [9.17, 15) is 4.79 Å². The second kappa shape index (κ2) is 7.87. The zero-order valence-electron chi connectivity index (χ0n) is 15.1. The van der Waals surface area contributed by atoms with E-state index in [2.05, 4.69) is 23.2 Å². The summed E-state index contributed by atoms with van der Waals surface area (Å²) in [6.07, 6.45) is 6.91. The zero-order valence-corrected chi connectivity index (χ0v) is 15.9. The van der Waals surface area contributed by atoms with Crippen LogP contribution in [0.15, 0.2) is 12.1 Å². The van der Waals surface area contributed by atoms with E-state index in [0.29, 0.717) is 6.42 Å². The van der Waals surface area contributed by atoms with Gasteiger partial charge in [0.15, 0.2) is 5.06 Å². The minimum Gasteiger partial charge on any atom is -0.487 e. The molecule has 2 fully saturated rings. The summed E-state index contributed by atoms with van der Waals surface area (Å²) in [7, 11) is 1.70. The number of rotatable bonds is 7. The number of hydrogen-bond acceptors (Lipinski definition) is 4. The van der Waals surface area contributed by atoms with Gasteiger partial charge in [0.2, 0.25) is 5.91 Å². The summed E-state index contributed by atoms with van der Waals surface area (Å²) in [5.41, 5.74) is 0. The lowest BCUT2D eigenvalue weighted by atomic mass is 9.92. The number of amides is 1. The SMILES string of the molecule is CCC(=O)N[C@@H](CCN1C2CCC1CC(C)C2)c1ccc(OC)s1. The largest absolute Gasteiger partial charge is 0.487 e. The first-order chi connectivity index (χ1) is 11.6. The third-order valence-electron chi connectivity index (χ3n) is 5.60. The molecule has 3 atom stereocenters. The Labute approximate surface area is 149 Å². The Hall–Kier alpha value is -1.07. The lowest BCUT2D eigenvalue weighted by molar-refractivity contribution is -0.121.